The number of carbonyl (C=O) groups is 1. The van der Waals surface area contributed by atoms with Crippen LogP contribution in [0.4, 0.5) is 11.4 Å². The van der Waals surface area contributed by atoms with E-state index in [9.17, 15) is 4.79 Å². The second-order valence-corrected chi connectivity index (χ2v) is 10.3. The lowest BCUT2D eigenvalue weighted by Crippen LogP contribution is -2.30. The molecule has 2 aromatic carbocycles. The van der Waals surface area contributed by atoms with E-state index in [1.165, 1.54) is 11.8 Å². The SMILES string of the molecule is CC(C)c1nnc(SCC(=O)N2c3ccccc3Sc3ccc(Cl)cc32)n1C1CC1. The average Bonchev–Trinajstić information content (AvgIpc) is 3.48. The topological polar surface area (TPSA) is 51.0 Å². The van der Waals surface area contributed by atoms with Gasteiger partial charge in [0.2, 0.25) is 5.91 Å². The van der Waals surface area contributed by atoms with Crippen LogP contribution in [-0.4, -0.2) is 26.4 Å². The highest BCUT2D eigenvalue weighted by atomic mass is 35.5. The number of benzene rings is 2. The molecule has 1 aliphatic carbocycles. The van der Waals surface area contributed by atoms with Gasteiger partial charge in [-0.1, -0.05) is 61.1 Å². The number of halogens is 1. The van der Waals surface area contributed by atoms with Gasteiger partial charge in [0, 0.05) is 26.8 Å². The first kappa shape index (κ1) is 20.0. The maximum absolute atomic E-state index is 13.4. The van der Waals surface area contributed by atoms with Crippen LogP contribution in [0.25, 0.3) is 0 Å². The fourth-order valence-corrected chi connectivity index (χ4v) is 5.71. The van der Waals surface area contributed by atoms with E-state index >= 15 is 0 Å². The number of hydrogen-bond acceptors (Lipinski definition) is 5. The predicted molar refractivity (Wildman–Crippen MR) is 122 cm³/mol. The molecule has 0 N–H and O–H groups in total. The third-order valence-corrected chi connectivity index (χ3v) is 7.47. The number of anilines is 2. The van der Waals surface area contributed by atoms with Crippen LogP contribution < -0.4 is 4.90 Å². The molecule has 0 saturated heterocycles. The molecule has 1 fully saturated rings. The predicted octanol–water partition coefficient (Wildman–Crippen LogP) is 6.31. The van der Waals surface area contributed by atoms with Crippen LogP contribution in [0, 0.1) is 0 Å². The summed E-state index contributed by atoms with van der Waals surface area (Å²) in [6.45, 7) is 4.26. The van der Waals surface area contributed by atoms with Gasteiger partial charge in [0.05, 0.1) is 17.1 Å². The Morgan fingerprint density at radius 2 is 1.93 bits per heavy atom. The van der Waals surface area contributed by atoms with E-state index in [-0.39, 0.29) is 11.7 Å². The van der Waals surface area contributed by atoms with Crippen molar-refractivity contribution in [2.24, 2.45) is 0 Å². The Hall–Kier alpha value is -1.96. The molecule has 0 atom stereocenters. The zero-order valence-electron chi connectivity index (χ0n) is 16.7. The molecule has 0 radical (unpaired) electrons. The van der Waals surface area contributed by atoms with Crippen LogP contribution in [0.5, 0.6) is 0 Å². The fraction of sp³-hybridized carbons (Fsp3) is 0.318. The number of thioether (sulfide) groups is 1. The molecule has 2 heterocycles. The van der Waals surface area contributed by atoms with Gasteiger partial charge in [-0.15, -0.1) is 10.2 Å². The van der Waals surface area contributed by atoms with Crippen molar-refractivity contribution in [2.45, 2.75) is 53.6 Å². The van der Waals surface area contributed by atoms with Gasteiger partial charge in [-0.3, -0.25) is 9.69 Å². The molecule has 0 unspecified atom stereocenters. The first-order valence-corrected chi connectivity index (χ1v) is 12.2. The molecule has 8 heteroatoms. The minimum absolute atomic E-state index is 0.00714. The van der Waals surface area contributed by atoms with E-state index in [2.05, 4.69) is 28.6 Å². The summed E-state index contributed by atoms with van der Waals surface area (Å²) in [5, 5.41) is 10.2. The summed E-state index contributed by atoms with van der Waals surface area (Å²) >= 11 is 9.40. The summed E-state index contributed by atoms with van der Waals surface area (Å²) in [7, 11) is 0. The third-order valence-electron chi connectivity index (χ3n) is 5.18. The standard InChI is InChI=1S/C22H21ClN4OS2/c1-13(2)21-24-25-22(26(21)15-8-9-15)29-12-20(28)27-16-5-3-4-6-18(16)30-19-10-7-14(23)11-17(19)27/h3-7,10-11,13,15H,8-9,12H2,1-2H3. The number of para-hydroxylation sites is 1. The first-order valence-electron chi connectivity index (χ1n) is 10.00. The Labute approximate surface area is 189 Å². The monoisotopic (exact) mass is 456 g/mol. The van der Waals surface area contributed by atoms with E-state index in [0.29, 0.717) is 17.0 Å². The highest BCUT2D eigenvalue weighted by Crippen LogP contribution is 2.49. The lowest BCUT2D eigenvalue weighted by atomic mass is 10.2. The van der Waals surface area contributed by atoms with Gasteiger partial charge in [0.15, 0.2) is 5.16 Å². The smallest absolute Gasteiger partial charge is 0.242 e. The van der Waals surface area contributed by atoms with Crippen LogP contribution >= 0.6 is 35.1 Å². The number of carbonyl (C=O) groups excluding carboxylic acids is 1. The van der Waals surface area contributed by atoms with Gasteiger partial charge in [-0.05, 0) is 43.2 Å². The number of fused-ring (bicyclic) bond motifs is 2. The van der Waals surface area contributed by atoms with Crippen molar-refractivity contribution in [3.8, 4) is 0 Å². The largest absolute Gasteiger partial charge is 0.303 e. The van der Waals surface area contributed by atoms with Crippen LogP contribution in [0.2, 0.25) is 5.02 Å². The Bertz CT molecular complexity index is 1130. The summed E-state index contributed by atoms with van der Waals surface area (Å²) in [6, 6.07) is 14.2. The van der Waals surface area contributed by atoms with E-state index in [1.807, 2.05) is 42.5 Å². The van der Waals surface area contributed by atoms with Gasteiger partial charge in [-0.2, -0.15) is 0 Å². The Morgan fingerprint density at radius 1 is 1.17 bits per heavy atom. The molecule has 3 aromatic rings. The lowest BCUT2D eigenvalue weighted by molar-refractivity contribution is -0.115. The summed E-state index contributed by atoms with van der Waals surface area (Å²) in [4.78, 5) is 17.3. The van der Waals surface area contributed by atoms with Gasteiger partial charge in [0.25, 0.3) is 0 Å². The number of rotatable bonds is 5. The molecule has 1 aromatic heterocycles. The van der Waals surface area contributed by atoms with Crippen LogP contribution in [0.1, 0.15) is 44.5 Å². The van der Waals surface area contributed by atoms with Gasteiger partial charge >= 0.3 is 0 Å². The second-order valence-electron chi connectivity index (χ2n) is 7.80. The maximum Gasteiger partial charge on any atom is 0.242 e. The normalized spacial score (nSPS) is 15.3. The number of aromatic nitrogens is 3. The maximum atomic E-state index is 13.4. The van der Waals surface area contributed by atoms with Gasteiger partial charge in [-0.25, -0.2) is 0 Å². The van der Waals surface area contributed by atoms with Crippen LogP contribution in [-0.2, 0) is 4.79 Å². The van der Waals surface area contributed by atoms with Gasteiger partial charge in [0.1, 0.15) is 5.82 Å². The molecule has 1 aliphatic heterocycles. The molecular formula is C22H21ClN4OS2. The molecule has 1 saturated carbocycles. The number of hydrogen-bond donors (Lipinski definition) is 0. The zero-order valence-corrected chi connectivity index (χ0v) is 19.1. The van der Waals surface area contributed by atoms with E-state index in [0.717, 1.165) is 45.0 Å². The van der Waals surface area contributed by atoms with Crippen molar-refractivity contribution in [1.29, 1.82) is 0 Å². The minimum Gasteiger partial charge on any atom is -0.303 e. The highest BCUT2D eigenvalue weighted by molar-refractivity contribution is 8.00. The molecule has 5 rings (SSSR count). The van der Waals surface area contributed by atoms with Crippen LogP contribution in [0.3, 0.4) is 0 Å². The Kier molecular flexibility index (Phi) is 5.29. The highest BCUT2D eigenvalue weighted by Gasteiger charge is 2.32. The third kappa shape index (κ3) is 3.63. The summed E-state index contributed by atoms with van der Waals surface area (Å²) in [5.41, 5.74) is 1.73. The summed E-state index contributed by atoms with van der Waals surface area (Å²) in [6.07, 6.45) is 2.31. The zero-order chi connectivity index (χ0) is 20.8. The number of amides is 1. The lowest BCUT2D eigenvalue weighted by Gasteiger charge is -2.31. The van der Waals surface area contributed by atoms with E-state index < -0.39 is 0 Å². The van der Waals surface area contributed by atoms with Gasteiger partial charge < -0.3 is 4.57 Å². The second kappa shape index (κ2) is 7.94. The molecular weight excluding hydrogens is 436 g/mol. The van der Waals surface area contributed by atoms with Crippen molar-refractivity contribution in [3.05, 3.63) is 53.3 Å². The van der Waals surface area contributed by atoms with Crippen molar-refractivity contribution in [1.82, 2.24) is 14.8 Å². The fourth-order valence-electron chi connectivity index (χ4n) is 3.64. The van der Waals surface area contributed by atoms with Crippen molar-refractivity contribution >= 4 is 52.4 Å². The average molecular weight is 457 g/mol. The van der Waals surface area contributed by atoms with E-state index in [1.54, 1.807) is 16.7 Å². The minimum atomic E-state index is 0.00714. The molecule has 2 aliphatic rings. The number of nitrogens with zero attached hydrogens (tertiary/aromatic N) is 4. The Morgan fingerprint density at radius 3 is 2.70 bits per heavy atom. The van der Waals surface area contributed by atoms with E-state index in [4.69, 9.17) is 11.6 Å². The molecule has 1 amide bonds. The summed E-state index contributed by atoms with van der Waals surface area (Å²) in [5.74, 6) is 1.61. The molecule has 30 heavy (non-hydrogen) atoms. The van der Waals surface area contributed by atoms with Crippen molar-refractivity contribution in [3.63, 3.8) is 0 Å². The molecule has 0 bridgehead atoms. The van der Waals surface area contributed by atoms with Crippen molar-refractivity contribution < 1.29 is 4.79 Å². The van der Waals surface area contributed by atoms with Crippen LogP contribution in [0.15, 0.2) is 57.4 Å². The Balaban J connectivity index is 1.44. The summed E-state index contributed by atoms with van der Waals surface area (Å²) < 4.78 is 2.23. The van der Waals surface area contributed by atoms with Crippen molar-refractivity contribution in [2.75, 3.05) is 10.7 Å². The molecule has 0 spiro atoms. The molecule has 154 valence electrons. The molecule has 5 nitrogen and oxygen atoms in total. The first-order chi connectivity index (χ1) is 14.5. The quantitative estimate of drug-likeness (QED) is 0.421.